The number of aryl methyl sites for hydroxylation is 1. The van der Waals surface area contributed by atoms with E-state index in [0.29, 0.717) is 0 Å². The fraction of sp³-hybridized carbons (Fsp3) is 0.250. The minimum Gasteiger partial charge on any atom is -0.0802 e. The fourth-order valence-electron chi connectivity index (χ4n) is 3.10. The van der Waals surface area contributed by atoms with E-state index in [1.807, 2.05) is 0 Å². The second kappa shape index (κ2) is 2.76. The van der Waals surface area contributed by atoms with Gasteiger partial charge in [0.25, 0.3) is 0 Å². The lowest BCUT2D eigenvalue weighted by atomic mass is 9.89. The molecule has 2 unspecified atom stereocenters. The van der Waals surface area contributed by atoms with Crippen molar-refractivity contribution in [2.45, 2.75) is 19.3 Å². The maximum absolute atomic E-state index is 2.41. The molecule has 0 spiro atoms. The third kappa shape index (κ3) is 0.996. The van der Waals surface area contributed by atoms with Crippen molar-refractivity contribution >= 4 is 16.8 Å². The van der Waals surface area contributed by atoms with Crippen LogP contribution >= 0.6 is 0 Å². The van der Waals surface area contributed by atoms with Crippen molar-refractivity contribution in [1.82, 2.24) is 0 Å². The highest BCUT2D eigenvalue weighted by Gasteiger charge is 2.39. The van der Waals surface area contributed by atoms with Crippen molar-refractivity contribution in [2.75, 3.05) is 0 Å². The van der Waals surface area contributed by atoms with E-state index in [2.05, 4.69) is 49.4 Å². The zero-order valence-corrected chi connectivity index (χ0v) is 9.40. The minimum absolute atomic E-state index is 0.823. The molecule has 0 aromatic heterocycles. The van der Waals surface area contributed by atoms with Gasteiger partial charge in [-0.15, -0.1) is 0 Å². The Hall–Kier alpha value is -1.56. The predicted molar refractivity (Wildman–Crippen MR) is 68.6 cm³/mol. The van der Waals surface area contributed by atoms with Crippen LogP contribution in [0.4, 0.5) is 0 Å². The maximum Gasteiger partial charge on any atom is -0.00866 e. The number of rotatable bonds is 0. The normalized spacial score (nSPS) is 25.3. The SMILES string of the molecule is Cc1c2c(cc3ccccc13)C1CC1C=C2. The highest BCUT2D eigenvalue weighted by atomic mass is 14.4. The van der Waals surface area contributed by atoms with Crippen LogP contribution in [0.2, 0.25) is 0 Å². The molecule has 4 rings (SSSR count). The van der Waals surface area contributed by atoms with Crippen LogP contribution in [-0.4, -0.2) is 0 Å². The van der Waals surface area contributed by atoms with Crippen LogP contribution in [0, 0.1) is 12.8 Å². The zero-order chi connectivity index (χ0) is 10.7. The Morgan fingerprint density at radius 1 is 1.19 bits per heavy atom. The largest absolute Gasteiger partial charge is 0.0802 e. The van der Waals surface area contributed by atoms with Gasteiger partial charge in [0.15, 0.2) is 0 Å². The maximum atomic E-state index is 2.41. The van der Waals surface area contributed by atoms with Crippen LogP contribution in [0.25, 0.3) is 16.8 Å². The summed E-state index contributed by atoms with van der Waals surface area (Å²) >= 11 is 0. The van der Waals surface area contributed by atoms with Crippen molar-refractivity contribution in [2.24, 2.45) is 5.92 Å². The summed E-state index contributed by atoms with van der Waals surface area (Å²) in [5, 5.41) is 2.81. The Morgan fingerprint density at radius 2 is 2.06 bits per heavy atom. The molecule has 0 radical (unpaired) electrons. The molecule has 78 valence electrons. The van der Waals surface area contributed by atoms with E-state index in [1.54, 1.807) is 5.56 Å². The van der Waals surface area contributed by atoms with E-state index >= 15 is 0 Å². The van der Waals surface area contributed by atoms with E-state index in [0.717, 1.165) is 11.8 Å². The van der Waals surface area contributed by atoms with Crippen LogP contribution in [0.5, 0.6) is 0 Å². The molecule has 0 bridgehead atoms. The molecule has 0 aliphatic heterocycles. The van der Waals surface area contributed by atoms with E-state index in [-0.39, 0.29) is 0 Å². The van der Waals surface area contributed by atoms with E-state index < -0.39 is 0 Å². The van der Waals surface area contributed by atoms with E-state index in [1.165, 1.54) is 28.3 Å². The molecular weight excluding hydrogens is 192 g/mol. The third-order valence-corrected chi connectivity index (χ3v) is 4.14. The standard InChI is InChI=1S/C16H14/c1-10-13-5-3-2-4-11(13)9-16-14(10)7-6-12-8-15(12)16/h2-7,9,12,15H,8H2,1H3. The molecule has 0 heteroatoms. The topological polar surface area (TPSA) is 0 Å². The first-order valence-corrected chi connectivity index (χ1v) is 6.05. The highest BCUT2D eigenvalue weighted by Crippen LogP contribution is 2.53. The molecule has 2 atom stereocenters. The van der Waals surface area contributed by atoms with Gasteiger partial charge in [0.2, 0.25) is 0 Å². The smallest absolute Gasteiger partial charge is 0.00866 e. The van der Waals surface area contributed by atoms with Gasteiger partial charge in [-0.2, -0.15) is 0 Å². The second-order valence-corrected chi connectivity index (χ2v) is 5.09. The molecule has 16 heavy (non-hydrogen) atoms. The fourth-order valence-corrected chi connectivity index (χ4v) is 3.10. The van der Waals surface area contributed by atoms with Gasteiger partial charge in [-0.25, -0.2) is 0 Å². The summed E-state index contributed by atoms with van der Waals surface area (Å²) in [7, 11) is 0. The monoisotopic (exact) mass is 206 g/mol. The zero-order valence-electron chi connectivity index (χ0n) is 9.40. The Bertz CT molecular complexity index is 619. The molecule has 0 nitrogen and oxygen atoms in total. The van der Waals surface area contributed by atoms with Gasteiger partial charge in [-0.05, 0) is 52.6 Å². The van der Waals surface area contributed by atoms with Gasteiger partial charge in [-0.1, -0.05) is 42.5 Å². The molecule has 2 aliphatic rings. The van der Waals surface area contributed by atoms with E-state index in [9.17, 15) is 0 Å². The van der Waals surface area contributed by atoms with Gasteiger partial charge < -0.3 is 0 Å². The third-order valence-electron chi connectivity index (χ3n) is 4.14. The molecule has 1 fully saturated rings. The number of allylic oxidation sites excluding steroid dienone is 1. The lowest BCUT2D eigenvalue weighted by Crippen LogP contribution is -1.96. The van der Waals surface area contributed by atoms with Gasteiger partial charge in [-0.3, -0.25) is 0 Å². The van der Waals surface area contributed by atoms with Crippen molar-refractivity contribution in [3.05, 3.63) is 53.1 Å². The average molecular weight is 206 g/mol. The summed E-state index contributed by atoms with van der Waals surface area (Å²) in [5.41, 5.74) is 4.52. The summed E-state index contributed by atoms with van der Waals surface area (Å²) in [4.78, 5) is 0. The Balaban J connectivity index is 2.13. The van der Waals surface area contributed by atoms with Crippen molar-refractivity contribution in [3.63, 3.8) is 0 Å². The lowest BCUT2D eigenvalue weighted by Gasteiger charge is -2.15. The van der Waals surface area contributed by atoms with Gasteiger partial charge >= 0.3 is 0 Å². The van der Waals surface area contributed by atoms with Gasteiger partial charge in [0, 0.05) is 0 Å². The molecule has 2 aromatic carbocycles. The molecule has 0 amide bonds. The Morgan fingerprint density at radius 3 is 3.00 bits per heavy atom. The van der Waals surface area contributed by atoms with Crippen molar-refractivity contribution < 1.29 is 0 Å². The van der Waals surface area contributed by atoms with Gasteiger partial charge in [0.1, 0.15) is 0 Å². The number of hydrogen-bond donors (Lipinski definition) is 0. The van der Waals surface area contributed by atoms with Crippen molar-refractivity contribution in [1.29, 1.82) is 0 Å². The summed E-state index contributed by atoms with van der Waals surface area (Å²) in [5.74, 6) is 1.66. The Kier molecular flexibility index (Phi) is 1.48. The summed E-state index contributed by atoms with van der Waals surface area (Å²) in [6, 6.07) is 11.1. The quantitative estimate of drug-likeness (QED) is 0.603. The molecular formula is C16H14. The summed E-state index contributed by atoms with van der Waals surface area (Å²) < 4.78 is 0. The highest BCUT2D eigenvalue weighted by molar-refractivity contribution is 5.90. The molecule has 0 heterocycles. The molecule has 1 saturated carbocycles. The molecule has 2 aliphatic carbocycles. The first kappa shape index (κ1) is 8.58. The summed E-state index contributed by atoms with van der Waals surface area (Å²) in [6.07, 6.45) is 6.10. The molecule has 0 N–H and O–H groups in total. The molecule has 0 saturated heterocycles. The first-order chi connectivity index (χ1) is 7.84. The lowest BCUT2D eigenvalue weighted by molar-refractivity contribution is 0.995. The number of hydrogen-bond acceptors (Lipinski definition) is 0. The van der Waals surface area contributed by atoms with E-state index in [4.69, 9.17) is 0 Å². The van der Waals surface area contributed by atoms with Crippen LogP contribution < -0.4 is 0 Å². The summed E-state index contributed by atoms with van der Waals surface area (Å²) in [6.45, 7) is 2.26. The van der Waals surface area contributed by atoms with Crippen LogP contribution in [0.3, 0.4) is 0 Å². The van der Waals surface area contributed by atoms with Crippen LogP contribution in [-0.2, 0) is 0 Å². The first-order valence-electron chi connectivity index (χ1n) is 6.05. The Labute approximate surface area is 95.6 Å². The number of benzene rings is 2. The minimum atomic E-state index is 0.823. The number of fused-ring (bicyclic) bond motifs is 4. The predicted octanol–water partition coefficient (Wildman–Crippen LogP) is 4.28. The van der Waals surface area contributed by atoms with Crippen LogP contribution in [0.1, 0.15) is 29.0 Å². The second-order valence-electron chi connectivity index (χ2n) is 5.09. The average Bonchev–Trinajstić information content (AvgIpc) is 3.09. The van der Waals surface area contributed by atoms with Crippen LogP contribution in [0.15, 0.2) is 36.4 Å². The van der Waals surface area contributed by atoms with Crippen molar-refractivity contribution in [3.8, 4) is 0 Å². The van der Waals surface area contributed by atoms with Gasteiger partial charge in [0.05, 0.1) is 0 Å². The molecule has 2 aromatic rings.